The zero-order valence-corrected chi connectivity index (χ0v) is 14.5. The summed E-state index contributed by atoms with van der Waals surface area (Å²) in [5.41, 5.74) is 0.393. The van der Waals surface area contributed by atoms with Gasteiger partial charge in [-0.15, -0.1) is 0 Å². The summed E-state index contributed by atoms with van der Waals surface area (Å²) in [4.78, 5) is 13.4. The van der Waals surface area contributed by atoms with E-state index in [1.807, 2.05) is 0 Å². The molecule has 0 aromatic rings. The van der Waals surface area contributed by atoms with Crippen LogP contribution in [0.3, 0.4) is 0 Å². The van der Waals surface area contributed by atoms with Gasteiger partial charge in [0.2, 0.25) is 0 Å². The Morgan fingerprint density at radius 1 is 0.800 bits per heavy atom. The van der Waals surface area contributed by atoms with Crippen LogP contribution in [0.2, 0.25) is 0 Å². The van der Waals surface area contributed by atoms with Gasteiger partial charge in [0.25, 0.3) is 0 Å². The number of carbonyl (C=O) groups excluding carboxylic acids is 1. The smallest absolute Gasteiger partial charge is 0.140 e. The molecule has 0 saturated heterocycles. The second-order valence-corrected chi connectivity index (χ2v) is 9.07. The highest BCUT2D eigenvalue weighted by molar-refractivity contribution is 5.85. The van der Waals surface area contributed by atoms with E-state index in [1.54, 1.807) is 0 Å². The number of carbonyl (C=O) groups is 1. The van der Waals surface area contributed by atoms with E-state index >= 15 is 0 Å². The van der Waals surface area contributed by atoms with E-state index in [2.05, 4.69) is 41.5 Å². The molecule has 0 spiro atoms. The van der Waals surface area contributed by atoms with Crippen molar-refractivity contribution in [3.8, 4) is 0 Å². The fraction of sp³-hybridized carbons (Fsp3) is 0.947. The van der Waals surface area contributed by atoms with Crippen molar-refractivity contribution in [2.45, 2.75) is 80.1 Å². The lowest BCUT2D eigenvalue weighted by molar-refractivity contribution is -0.143. The molecule has 1 nitrogen and oxygen atoms in total. The Morgan fingerprint density at radius 2 is 1.15 bits per heavy atom. The molecular formula is C19H34O. The molecule has 2 fully saturated rings. The first-order valence-electron chi connectivity index (χ1n) is 8.70. The van der Waals surface area contributed by atoms with Crippen molar-refractivity contribution in [1.29, 1.82) is 0 Å². The molecule has 0 bridgehead atoms. The third-order valence-electron chi connectivity index (χ3n) is 6.40. The molecule has 0 aromatic heterocycles. The minimum atomic E-state index is 0.196. The Bertz CT molecular complexity index is 332. The second kappa shape index (κ2) is 5.46. The summed E-state index contributed by atoms with van der Waals surface area (Å²) in [6.45, 7) is 13.9. The van der Waals surface area contributed by atoms with Crippen LogP contribution in [0.5, 0.6) is 0 Å². The molecule has 0 amide bonds. The van der Waals surface area contributed by atoms with Gasteiger partial charge in [-0.05, 0) is 48.3 Å². The van der Waals surface area contributed by atoms with Crippen LogP contribution in [0.25, 0.3) is 0 Å². The maximum Gasteiger partial charge on any atom is 0.140 e. The van der Waals surface area contributed by atoms with Crippen LogP contribution in [0.4, 0.5) is 0 Å². The van der Waals surface area contributed by atoms with Crippen molar-refractivity contribution in [1.82, 2.24) is 0 Å². The molecule has 2 aliphatic carbocycles. The molecule has 0 radical (unpaired) electrons. The van der Waals surface area contributed by atoms with Crippen molar-refractivity contribution < 1.29 is 4.79 Å². The minimum absolute atomic E-state index is 0.196. The summed E-state index contributed by atoms with van der Waals surface area (Å²) >= 11 is 0. The van der Waals surface area contributed by atoms with Gasteiger partial charge in [0.15, 0.2) is 0 Å². The summed E-state index contributed by atoms with van der Waals surface area (Å²) in [6.07, 6.45) is 7.50. The molecule has 0 N–H and O–H groups in total. The Kier molecular flexibility index (Phi) is 4.38. The molecule has 20 heavy (non-hydrogen) atoms. The molecular weight excluding hydrogens is 244 g/mol. The van der Waals surface area contributed by atoms with Crippen LogP contribution in [-0.2, 0) is 4.79 Å². The Morgan fingerprint density at radius 3 is 1.45 bits per heavy atom. The predicted molar refractivity (Wildman–Crippen MR) is 85.6 cm³/mol. The Hall–Kier alpha value is -0.330. The zero-order chi connectivity index (χ0) is 15.1. The number of rotatable bonds is 2. The van der Waals surface area contributed by atoms with Crippen molar-refractivity contribution in [2.24, 2.45) is 34.5 Å². The molecule has 0 aliphatic heterocycles. The van der Waals surface area contributed by atoms with Crippen molar-refractivity contribution in [2.75, 3.05) is 0 Å². The van der Waals surface area contributed by atoms with Gasteiger partial charge in [-0.1, -0.05) is 54.4 Å². The van der Waals surface area contributed by atoms with Crippen LogP contribution >= 0.6 is 0 Å². The zero-order valence-electron chi connectivity index (χ0n) is 14.5. The lowest BCUT2D eigenvalue weighted by Gasteiger charge is -2.48. The molecule has 2 saturated carbocycles. The number of hydrogen-bond acceptors (Lipinski definition) is 1. The van der Waals surface area contributed by atoms with Crippen LogP contribution in [0.1, 0.15) is 80.1 Å². The van der Waals surface area contributed by atoms with Crippen LogP contribution in [0.15, 0.2) is 0 Å². The average molecular weight is 278 g/mol. The normalized spacial score (nSPS) is 40.3. The summed E-state index contributed by atoms with van der Waals surface area (Å²) in [5, 5.41) is 0. The SMILES string of the molecule is C[C@H]1CCCC(C)(C)[C@@H]1C(=O)[C@@H]1[C@@H](C)CCCC1(C)C. The molecule has 0 heterocycles. The van der Waals surface area contributed by atoms with E-state index in [-0.39, 0.29) is 22.7 Å². The highest BCUT2D eigenvalue weighted by atomic mass is 16.1. The van der Waals surface area contributed by atoms with Crippen molar-refractivity contribution >= 4 is 5.78 Å². The van der Waals surface area contributed by atoms with Gasteiger partial charge in [0.05, 0.1) is 0 Å². The van der Waals surface area contributed by atoms with E-state index < -0.39 is 0 Å². The van der Waals surface area contributed by atoms with Gasteiger partial charge >= 0.3 is 0 Å². The third kappa shape index (κ3) is 2.83. The topological polar surface area (TPSA) is 17.1 Å². The van der Waals surface area contributed by atoms with E-state index in [0.29, 0.717) is 17.6 Å². The monoisotopic (exact) mass is 278 g/mol. The minimum Gasteiger partial charge on any atom is -0.299 e. The standard InChI is InChI=1S/C19H34O/c1-13-9-7-11-18(3,4)15(13)17(20)16-14(2)10-8-12-19(16,5)6/h13-16H,7-12H2,1-6H3/t13-,14-,15-,16-/m0/s1. The van der Waals surface area contributed by atoms with Gasteiger partial charge in [0.1, 0.15) is 5.78 Å². The van der Waals surface area contributed by atoms with Gasteiger partial charge in [-0.3, -0.25) is 4.79 Å². The molecule has 4 atom stereocenters. The van der Waals surface area contributed by atoms with E-state index in [0.717, 1.165) is 0 Å². The van der Waals surface area contributed by atoms with Crippen LogP contribution < -0.4 is 0 Å². The molecule has 2 rings (SSSR count). The first kappa shape index (κ1) is 16.0. The molecule has 116 valence electrons. The second-order valence-electron chi connectivity index (χ2n) is 9.07. The van der Waals surface area contributed by atoms with E-state index in [9.17, 15) is 4.79 Å². The lowest BCUT2D eigenvalue weighted by Crippen LogP contribution is -2.48. The van der Waals surface area contributed by atoms with Crippen LogP contribution in [0, 0.1) is 34.5 Å². The quantitative estimate of drug-likeness (QED) is 0.653. The van der Waals surface area contributed by atoms with Crippen LogP contribution in [-0.4, -0.2) is 5.78 Å². The summed E-state index contributed by atoms with van der Waals surface area (Å²) in [5.74, 6) is 2.29. The van der Waals surface area contributed by atoms with Gasteiger partial charge in [-0.2, -0.15) is 0 Å². The fourth-order valence-corrected chi connectivity index (χ4v) is 5.47. The van der Waals surface area contributed by atoms with Gasteiger partial charge in [0, 0.05) is 11.8 Å². The summed E-state index contributed by atoms with van der Waals surface area (Å²) < 4.78 is 0. The summed E-state index contributed by atoms with van der Waals surface area (Å²) in [7, 11) is 0. The Balaban J connectivity index is 2.28. The number of ketones is 1. The van der Waals surface area contributed by atoms with Crippen molar-refractivity contribution in [3.63, 3.8) is 0 Å². The van der Waals surface area contributed by atoms with E-state index in [4.69, 9.17) is 0 Å². The predicted octanol–water partition coefficient (Wildman–Crippen LogP) is 5.48. The van der Waals surface area contributed by atoms with Gasteiger partial charge in [-0.25, -0.2) is 0 Å². The number of Topliss-reactive ketones (excluding diaryl/α,β-unsaturated/α-hetero) is 1. The van der Waals surface area contributed by atoms with Gasteiger partial charge < -0.3 is 0 Å². The first-order valence-corrected chi connectivity index (χ1v) is 8.70. The van der Waals surface area contributed by atoms with Crippen molar-refractivity contribution in [3.05, 3.63) is 0 Å². The molecule has 1 heteroatoms. The maximum atomic E-state index is 13.4. The summed E-state index contributed by atoms with van der Waals surface area (Å²) in [6, 6.07) is 0. The third-order valence-corrected chi connectivity index (χ3v) is 6.40. The first-order chi connectivity index (χ1) is 9.17. The van der Waals surface area contributed by atoms with E-state index in [1.165, 1.54) is 38.5 Å². The lowest BCUT2D eigenvalue weighted by atomic mass is 9.55. The molecule has 0 unspecified atom stereocenters. The fourth-order valence-electron chi connectivity index (χ4n) is 5.47. The Labute approximate surface area is 125 Å². The number of hydrogen-bond donors (Lipinski definition) is 0. The highest BCUT2D eigenvalue weighted by Crippen LogP contribution is 2.51. The maximum absolute atomic E-state index is 13.4. The molecule has 2 aliphatic rings. The molecule has 0 aromatic carbocycles. The largest absolute Gasteiger partial charge is 0.299 e. The average Bonchev–Trinajstić information content (AvgIpc) is 2.25. The highest BCUT2D eigenvalue weighted by Gasteiger charge is 2.49.